The average Bonchev–Trinajstić information content (AvgIpc) is 2.13. The first-order valence-corrected chi connectivity index (χ1v) is 4.55. The Morgan fingerprint density at radius 1 is 1.36 bits per heavy atom. The highest BCUT2D eigenvalue weighted by atomic mass is 16.5. The van der Waals surface area contributed by atoms with E-state index in [4.69, 9.17) is 4.74 Å². The van der Waals surface area contributed by atoms with Crippen LogP contribution in [0.1, 0.15) is 27.2 Å². The van der Waals surface area contributed by atoms with Crippen molar-refractivity contribution in [3.05, 3.63) is 0 Å². The van der Waals surface area contributed by atoms with E-state index in [0.29, 0.717) is 12.1 Å². The van der Waals surface area contributed by atoms with Crippen molar-refractivity contribution in [2.45, 2.75) is 39.3 Å². The van der Waals surface area contributed by atoms with Crippen molar-refractivity contribution >= 4 is 0 Å². The summed E-state index contributed by atoms with van der Waals surface area (Å²) in [5.41, 5.74) is 0. The molecule has 1 rings (SSSR count). The molecule has 0 aliphatic carbocycles. The van der Waals surface area contributed by atoms with Gasteiger partial charge in [0.25, 0.3) is 0 Å². The molecule has 1 heterocycles. The zero-order valence-electron chi connectivity index (χ0n) is 7.84. The molecule has 0 N–H and O–H groups in total. The predicted molar refractivity (Wildman–Crippen MR) is 46.7 cm³/mol. The minimum Gasteiger partial charge on any atom is -0.380 e. The molecule has 0 bridgehead atoms. The predicted octanol–water partition coefficient (Wildman–Crippen LogP) is 1.51. The number of nitrogens with zero attached hydrogens (tertiary/aromatic N) is 1. The van der Waals surface area contributed by atoms with Crippen molar-refractivity contribution in [2.24, 2.45) is 0 Å². The van der Waals surface area contributed by atoms with Gasteiger partial charge < -0.3 is 4.74 Å². The van der Waals surface area contributed by atoms with Gasteiger partial charge in [-0.1, -0.05) is 0 Å². The van der Waals surface area contributed by atoms with Crippen LogP contribution in [0.15, 0.2) is 0 Å². The molecule has 2 nitrogen and oxygen atoms in total. The lowest BCUT2D eigenvalue weighted by Gasteiger charge is -2.29. The maximum absolute atomic E-state index is 5.40. The van der Waals surface area contributed by atoms with E-state index in [9.17, 15) is 0 Å². The van der Waals surface area contributed by atoms with Crippen LogP contribution in [0.4, 0.5) is 0 Å². The zero-order valence-corrected chi connectivity index (χ0v) is 7.84. The summed E-state index contributed by atoms with van der Waals surface area (Å²) in [5, 5.41) is 0. The number of hydrogen-bond acceptors (Lipinski definition) is 2. The summed E-state index contributed by atoms with van der Waals surface area (Å²) in [6, 6.07) is 1.35. The first-order chi connectivity index (χ1) is 5.22. The molecule has 0 radical (unpaired) electrons. The molecule has 1 aliphatic heterocycles. The van der Waals surface area contributed by atoms with Crippen molar-refractivity contribution < 1.29 is 4.74 Å². The van der Waals surface area contributed by atoms with Gasteiger partial charge in [0.15, 0.2) is 0 Å². The van der Waals surface area contributed by atoms with E-state index in [2.05, 4.69) is 25.7 Å². The van der Waals surface area contributed by atoms with Gasteiger partial charge in [0.1, 0.15) is 0 Å². The van der Waals surface area contributed by atoms with Crippen molar-refractivity contribution in [1.82, 2.24) is 4.90 Å². The molecule has 1 atom stereocenters. The Labute approximate surface area is 69.5 Å². The van der Waals surface area contributed by atoms with Gasteiger partial charge in [-0.3, -0.25) is 4.90 Å². The monoisotopic (exact) mass is 157 g/mol. The molecule has 0 amide bonds. The fraction of sp³-hybridized carbons (Fsp3) is 1.00. The quantitative estimate of drug-likeness (QED) is 0.572. The van der Waals surface area contributed by atoms with Gasteiger partial charge in [-0.2, -0.15) is 0 Å². The summed E-state index contributed by atoms with van der Waals surface area (Å²) in [6.45, 7) is 9.73. The fourth-order valence-electron chi connectivity index (χ4n) is 1.68. The highest BCUT2D eigenvalue weighted by Crippen LogP contribution is 2.11. The first kappa shape index (κ1) is 9.01. The van der Waals surface area contributed by atoms with E-state index in [-0.39, 0.29) is 0 Å². The third-order valence-electron chi connectivity index (χ3n) is 2.40. The lowest BCUT2D eigenvalue weighted by Crippen LogP contribution is -2.39. The zero-order chi connectivity index (χ0) is 8.27. The van der Waals surface area contributed by atoms with Gasteiger partial charge in [0, 0.05) is 25.2 Å². The molecule has 0 saturated carbocycles. The maximum atomic E-state index is 5.40. The molecule has 11 heavy (non-hydrogen) atoms. The Balaban J connectivity index is 2.45. The molecule has 66 valence electrons. The van der Waals surface area contributed by atoms with Crippen LogP contribution >= 0.6 is 0 Å². The topological polar surface area (TPSA) is 12.5 Å². The van der Waals surface area contributed by atoms with E-state index in [0.717, 1.165) is 19.8 Å². The lowest BCUT2D eigenvalue weighted by atomic mass is 10.2. The minimum absolute atomic E-state index is 0.659. The summed E-state index contributed by atoms with van der Waals surface area (Å²) in [7, 11) is 0. The average molecular weight is 157 g/mol. The Morgan fingerprint density at radius 3 is 2.73 bits per heavy atom. The van der Waals surface area contributed by atoms with Gasteiger partial charge in [0.05, 0.1) is 6.61 Å². The van der Waals surface area contributed by atoms with Gasteiger partial charge in [-0.25, -0.2) is 0 Å². The van der Waals surface area contributed by atoms with Crippen LogP contribution in [0.2, 0.25) is 0 Å². The molecule has 0 aromatic rings. The van der Waals surface area contributed by atoms with Crippen LogP contribution in [0.25, 0.3) is 0 Å². The van der Waals surface area contributed by atoms with Crippen LogP contribution in [-0.2, 0) is 4.74 Å². The molecule has 0 aromatic heterocycles. The minimum atomic E-state index is 0.659. The summed E-state index contributed by atoms with van der Waals surface area (Å²) in [5.74, 6) is 0. The Bertz CT molecular complexity index is 114. The molecule has 2 heteroatoms. The van der Waals surface area contributed by atoms with Crippen LogP contribution in [0.5, 0.6) is 0 Å². The first-order valence-electron chi connectivity index (χ1n) is 4.55. The second-order valence-electron chi connectivity index (χ2n) is 3.58. The Hall–Kier alpha value is -0.0800. The van der Waals surface area contributed by atoms with Gasteiger partial charge >= 0.3 is 0 Å². The van der Waals surface area contributed by atoms with Crippen molar-refractivity contribution in [2.75, 3.05) is 19.8 Å². The van der Waals surface area contributed by atoms with Crippen molar-refractivity contribution in [1.29, 1.82) is 0 Å². The normalized spacial score (nSPS) is 28.9. The van der Waals surface area contributed by atoms with E-state index >= 15 is 0 Å². The number of ether oxygens (including phenoxy) is 1. The van der Waals surface area contributed by atoms with E-state index < -0.39 is 0 Å². The standard InChI is InChI=1S/C9H19NO/c1-8(2)10-5-7-11-6-4-9(10)3/h8-9H,4-7H2,1-3H3/t9-/m1/s1. The highest BCUT2D eigenvalue weighted by Gasteiger charge is 2.18. The Kier molecular flexibility index (Phi) is 3.34. The summed E-state index contributed by atoms with van der Waals surface area (Å²) in [4.78, 5) is 2.51. The molecule has 0 unspecified atom stereocenters. The van der Waals surface area contributed by atoms with E-state index in [1.54, 1.807) is 0 Å². The molecule has 1 saturated heterocycles. The van der Waals surface area contributed by atoms with Gasteiger partial charge in [-0.05, 0) is 27.2 Å². The maximum Gasteiger partial charge on any atom is 0.0593 e. The van der Waals surface area contributed by atoms with Gasteiger partial charge in [0.2, 0.25) is 0 Å². The van der Waals surface area contributed by atoms with Crippen LogP contribution in [0.3, 0.4) is 0 Å². The lowest BCUT2D eigenvalue weighted by molar-refractivity contribution is 0.131. The van der Waals surface area contributed by atoms with E-state index in [1.165, 1.54) is 6.42 Å². The largest absolute Gasteiger partial charge is 0.380 e. The van der Waals surface area contributed by atoms with Crippen molar-refractivity contribution in [3.8, 4) is 0 Å². The molecule has 0 spiro atoms. The summed E-state index contributed by atoms with van der Waals surface area (Å²) < 4.78 is 5.40. The number of rotatable bonds is 1. The van der Waals surface area contributed by atoms with Crippen molar-refractivity contribution in [3.63, 3.8) is 0 Å². The summed E-state index contributed by atoms with van der Waals surface area (Å²) >= 11 is 0. The van der Waals surface area contributed by atoms with E-state index in [1.807, 2.05) is 0 Å². The second kappa shape index (κ2) is 4.07. The second-order valence-corrected chi connectivity index (χ2v) is 3.58. The summed E-state index contributed by atoms with van der Waals surface area (Å²) in [6.07, 6.45) is 1.18. The van der Waals surface area contributed by atoms with Crippen LogP contribution < -0.4 is 0 Å². The van der Waals surface area contributed by atoms with Crippen LogP contribution in [0, 0.1) is 0 Å². The molecule has 1 aliphatic rings. The molecular formula is C9H19NO. The van der Waals surface area contributed by atoms with Crippen LogP contribution in [-0.4, -0.2) is 36.7 Å². The highest BCUT2D eigenvalue weighted by molar-refractivity contribution is 4.72. The smallest absolute Gasteiger partial charge is 0.0593 e. The molecule has 1 fully saturated rings. The van der Waals surface area contributed by atoms with Gasteiger partial charge in [-0.15, -0.1) is 0 Å². The molecule has 0 aromatic carbocycles. The SMILES string of the molecule is CC(C)N1CCOCC[C@H]1C. The fourth-order valence-corrected chi connectivity index (χ4v) is 1.68. The third-order valence-corrected chi connectivity index (χ3v) is 2.40. The third kappa shape index (κ3) is 2.46. The number of hydrogen-bond donors (Lipinski definition) is 0. The Morgan fingerprint density at radius 2 is 2.09 bits per heavy atom. The molecular weight excluding hydrogens is 138 g/mol.